The van der Waals surface area contributed by atoms with Crippen LogP contribution in [0.15, 0.2) is 0 Å². The van der Waals surface area contributed by atoms with E-state index in [9.17, 15) is 9.90 Å². The zero-order valence-electron chi connectivity index (χ0n) is 12.0. The number of ether oxygens (including phenoxy) is 4. The molecule has 2 rings (SSSR count). The van der Waals surface area contributed by atoms with Crippen molar-refractivity contribution in [3.63, 3.8) is 0 Å². The first-order valence-corrected chi connectivity index (χ1v) is 6.59. The number of hydrogen-bond acceptors (Lipinski definition) is 5. The first-order valence-electron chi connectivity index (χ1n) is 6.59. The summed E-state index contributed by atoms with van der Waals surface area (Å²) in [4.78, 5) is 11.3. The number of rotatable bonds is 3. The predicted octanol–water partition coefficient (Wildman–Crippen LogP) is 1.52. The molecular weight excluding hydrogens is 252 g/mol. The van der Waals surface area contributed by atoms with Crippen LogP contribution >= 0.6 is 0 Å². The molecule has 0 radical (unpaired) electrons. The highest BCUT2D eigenvalue weighted by atomic mass is 16.8. The molecule has 2 aliphatic heterocycles. The van der Waals surface area contributed by atoms with E-state index in [1.807, 2.05) is 20.8 Å². The second-order valence-corrected chi connectivity index (χ2v) is 5.91. The molecule has 2 saturated heterocycles. The van der Waals surface area contributed by atoms with Crippen molar-refractivity contribution in [3.8, 4) is 0 Å². The van der Waals surface area contributed by atoms with E-state index in [0.29, 0.717) is 0 Å². The van der Waals surface area contributed by atoms with Crippen molar-refractivity contribution in [2.24, 2.45) is 0 Å². The molecule has 4 unspecified atom stereocenters. The second-order valence-electron chi connectivity index (χ2n) is 5.91. The molecule has 0 aliphatic carbocycles. The Morgan fingerprint density at radius 2 is 1.53 bits per heavy atom. The highest BCUT2D eigenvalue weighted by molar-refractivity contribution is 5.73. The van der Waals surface area contributed by atoms with E-state index in [2.05, 4.69) is 0 Å². The largest absolute Gasteiger partial charge is 0.479 e. The fourth-order valence-electron chi connectivity index (χ4n) is 2.68. The van der Waals surface area contributed by atoms with E-state index >= 15 is 0 Å². The van der Waals surface area contributed by atoms with E-state index < -0.39 is 35.9 Å². The number of carbonyl (C=O) groups is 1. The predicted molar refractivity (Wildman–Crippen MR) is 65.6 cm³/mol. The Hall–Kier alpha value is -0.690. The Morgan fingerprint density at radius 3 is 2.05 bits per heavy atom. The second kappa shape index (κ2) is 4.70. The van der Waals surface area contributed by atoms with Gasteiger partial charge in [0.1, 0.15) is 12.2 Å². The van der Waals surface area contributed by atoms with E-state index in [-0.39, 0.29) is 6.10 Å². The minimum absolute atomic E-state index is 0.195. The fraction of sp³-hybridized carbons (Fsp3) is 0.923. The normalized spacial score (nSPS) is 40.5. The van der Waals surface area contributed by atoms with Gasteiger partial charge in [0, 0.05) is 0 Å². The Bertz CT molecular complexity index is 364. The van der Waals surface area contributed by atoms with Crippen molar-refractivity contribution in [1.29, 1.82) is 0 Å². The van der Waals surface area contributed by atoms with E-state index in [1.54, 1.807) is 13.8 Å². The molecule has 2 aliphatic rings. The zero-order chi connectivity index (χ0) is 14.4. The molecule has 2 heterocycles. The molecule has 2 fully saturated rings. The van der Waals surface area contributed by atoms with Crippen LogP contribution in [0.25, 0.3) is 0 Å². The van der Waals surface area contributed by atoms with Crippen LogP contribution in [0, 0.1) is 0 Å². The Balaban J connectivity index is 2.22. The molecule has 0 amide bonds. The van der Waals surface area contributed by atoms with Crippen LogP contribution in [-0.2, 0) is 23.7 Å². The van der Waals surface area contributed by atoms with Crippen LogP contribution in [0.3, 0.4) is 0 Å². The molecule has 0 saturated carbocycles. The lowest BCUT2D eigenvalue weighted by Gasteiger charge is -2.24. The minimum atomic E-state index is -1.04. The third kappa shape index (κ3) is 2.91. The molecule has 6 heteroatoms. The summed E-state index contributed by atoms with van der Waals surface area (Å²) >= 11 is 0. The molecular formula is C13H22O6. The molecule has 0 spiro atoms. The Labute approximate surface area is 113 Å². The summed E-state index contributed by atoms with van der Waals surface area (Å²) in [7, 11) is 0. The van der Waals surface area contributed by atoms with Crippen LogP contribution < -0.4 is 0 Å². The van der Waals surface area contributed by atoms with Crippen LogP contribution in [0.2, 0.25) is 0 Å². The maximum absolute atomic E-state index is 11.3. The summed E-state index contributed by atoms with van der Waals surface area (Å²) in [5, 5.41) is 9.26. The van der Waals surface area contributed by atoms with Gasteiger partial charge >= 0.3 is 5.97 Å². The van der Waals surface area contributed by atoms with Crippen molar-refractivity contribution in [1.82, 2.24) is 0 Å². The van der Waals surface area contributed by atoms with Crippen molar-refractivity contribution in [2.45, 2.75) is 77.0 Å². The highest BCUT2D eigenvalue weighted by Crippen LogP contribution is 2.39. The van der Waals surface area contributed by atoms with E-state index in [1.165, 1.54) is 0 Å². The molecule has 19 heavy (non-hydrogen) atoms. The van der Waals surface area contributed by atoms with Crippen molar-refractivity contribution >= 4 is 5.97 Å². The molecule has 4 atom stereocenters. The first-order chi connectivity index (χ1) is 8.65. The minimum Gasteiger partial charge on any atom is -0.479 e. The Morgan fingerprint density at radius 1 is 1.00 bits per heavy atom. The topological polar surface area (TPSA) is 74.2 Å². The van der Waals surface area contributed by atoms with Crippen LogP contribution in [0.5, 0.6) is 0 Å². The molecule has 0 aromatic rings. The Kier molecular flexibility index (Phi) is 3.64. The van der Waals surface area contributed by atoms with Gasteiger partial charge in [-0.3, -0.25) is 0 Å². The van der Waals surface area contributed by atoms with Gasteiger partial charge in [-0.05, 0) is 34.1 Å². The lowest BCUT2D eigenvalue weighted by Crippen LogP contribution is -2.44. The van der Waals surface area contributed by atoms with Crippen molar-refractivity contribution in [2.75, 3.05) is 0 Å². The number of carboxylic acids is 1. The first kappa shape index (κ1) is 14.7. The summed E-state index contributed by atoms with van der Waals surface area (Å²) in [5.74, 6) is -2.70. The van der Waals surface area contributed by atoms with Crippen LogP contribution in [-0.4, -0.2) is 47.1 Å². The standard InChI is InChI=1S/C13H22O6/c1-6-7-8(17-12(2,3)16-7)9-10(11(14)15)19-13(4,5)18-9/h7-10H,6H2,1-5H3,(H,14,15). The summed E-state index contributed by atoms with van der Waals surface area (Å²) in [5.41, 5.74) is 0. The molecule has 6 nitrogen and oxygen atoms in total. The van der Waals surface area contributed by atoms with Gasteiger partial charge in [-0.1, -0.05) is 6.92 Å². The van der Waals surface area contributed by atoms with Crippen molar-refractivity contribution in [3.05, 3.63) is 0 Å². The lowest BCUT2D eigenvalue weighted by atomic mass is 10.0. The fourth-order valence-corrected chi connectivity index (χ4v) is 2.68. The average molecular weight is 274 g/mol. The number of aliphatic carboxylic acids is 1. The van der Waals surface area contributed by atoms with Crippen LogP contribution in [0.4, 0.5) is 0 Å². The highest BCUT2D eigenvalue weighted by Gasteiger charge is 2.55. The summed E-state index contributed by atoms with van der Waals surface area (Å²) < 4.78 is 22.8. The van der Waals surface area contributed by atoms with Gasteiger partial charge < -0.3 is 24.1 Å². The van der Waals surface area contributed by atoms with Gasteiger partial charge in [0.2, 0.25) is 0 Å². The van der Waals surface area contributed by atoms with Gasteiger partial charge in [0.15, 0.2) is 17.7 Å². The third-order valence-electron chi connectivity index (χ3n) is 3.32. The summed E-state index contributed by atoms with van der Waals surface area (Å²) in [6.45, 7) is 8.99. The lowest BCUT2D eigenvalue weighted by molar-refractivity contribution is -0.176. The number of hydrogen-bond donors (Lipinski definition) is 1. The SMILES string of the molecule is CCC1OC(C)(C)OC1C1OC(C)(C)OC1C(=O)O. The molecule has 1 N–H and O–H groups in total. The van der Waals surface area contributed by atoms with E-state index in [4.69, 9.17) is 18.9 Å². The smallest absolute Gasteiger partial charge is 0.335 e. The van der Waals surface area contributed by atoms with Gasteiger partial charge in [-0.25, -0.2) is 4.79 Å². The maximum Gasteiger partial charge on any atom is 0.335 e. The van der Waals surface area contributed by atoms with Gasteiger partial charge in [-0.2, -0.15) is 0 Å². The molecule has 0 aromatic heterocycles. The van der Waals surface area contributed by atoms with Gasteiger partial charge in [0.25, 0.3) is 0 Å². The molecule has 0 bridgehead atoms. The van der Waals surface area contributed by atoms with E-state index in [0.717, 1.165) is 6.42 Å². The average Bonchev–Trinajstić information content (AvgIpc) is 2.74. The molecule has 0 aromatic carbocycles. The maximum atomic E-state index is 11.3. The third-order valence-corrected chi connectivity index (χ3v) is 3.32. The molecule has 110 valence electrons. The van der Waals surface area contributed by atoms with Crippen LogP contribution in [0.1, 0.15) is 41.0 Å². The van der Waals surface area contributed by atoms with Gasteiger partial charge in [-0.15, -0.1) is 0 Å². The summed E-state index contributed by atoms with van der Waals surface area (Å²) in [6.07, 6.45) is -1.62. The van der Waals surface area contributed by atoms with Gasteiger partial charge in [0.05, 0.1) is 6.10 Å². The summed E-state index contributed by atoms with van der Waals surface area (Å²) in [6, 6.07) is 0. The quantitative estimate of drug-likeness (QED) is 0.841. The van der Waals surface area contributed by atoms with Crippen molar-refractivity contribution < 1.29 is 28.8 Å². The monoisotopic (exact) mass is 274 g/mol. The number of carboxylic acid groups (broad SMARTS) is 1. The zero-order valence-corrected chi connectivity index (χ0v) is 12.0.